The first kappa shape index (κ1) is 12.9. The number of likely N-dealkylation sites (N-methyl/N-ethyl adjacent to an activating group) is 1. The Hall–Kier alpha value is -2.13. The maximum Gasteiger partial charge on any atom is 0.231 e. The molecule has 0 saturated carbocycles. The molecule has 0 fully saturated rings. The molecule has 1 unspecified atom stereocenters. The van der Waals surface area contributed by atoms with E-state index in [4.69, 9.17) is 0 Å². The lowest BCUT2D eigenvalue weighted by Crippen LogP contribution is -2.20. The lowest BCUT2D eigenvalue weighted by Gasteiger charge is -2.16. The predicted molar refractivity (Wildman–Crippen MR) is 78.8 cm³/mol. The fraction of sp³-hybridized carbons (Fsp3) is 0.235. The molecule has 0 saturated heterocycles. The highest BCUT2D eigenvalue weighted by molar-refractivity contribution is 6.00. The normalized spacial score (nSPS) is 15.3. The molecule has 3 nitrogen and oxygen atoms in total. The van der Waals surface area contributed by atoms with Gasteiger partial charge >= 0.3 is 0 Å². The number of carbonyl (C=O) groups is 1. The number of aliphatic hydroxyl groups is 1. The Labute approximate surface area is 118 Å². The van der Waals surface area contributed by atoms with Gasteiger partial charge in [0.15, 0.2) is 0 Å². The zero-order chi connectivity index (χ0) is 14.3. The summed E-state index contributed by atoms with van der Waals surface area (Å²) in [6.45, 7) is 1.99. The fourth-order valence-electron chi connectivity index (χ4n) is 2.73. The molecule has 20 heavy (non-hydrogen) atoms. The summed E-state index contributed by atoms with van der Waals surface area (Å²) in [5.41, 5.74) is 4.73. The molecule has 0 spiro atoms. The van der Waals surface area contributed by atoms with E-state index in [1.54, 1.807) is 11.9 Å². The molecule has 0 bridgehead atoms. The van der Waals surface area contributed by atoms with Gasteiger partial charge in [-0.1, -0.05) is 36.4 Å². The van der Waals surface area contributed by atoms with E-state index in [-0.39, 0.29) is 5.91 Å². The summed E-state index contributed by atoms with van der Waals surface area (Å²) in [6.07, 6.45) is -0.234. The molecule has 1 aliphatic rings. The van der Waals surface area contributed by atoms with E-state index in [1.807, 2.05) is 49.4 Å². The van der Waals surface area contributed by atoms with E-state index in [1.165, 1.54) is 0 Å². The van der Waals surface area contributed by atoms with Gasteiger partial charge < -0.3 is 10.0 Å². The first-order valence-corrected chi connectivity index (χ1v) is 6.71. The van der Waals surface area contributed by atoms with Gasteiger partial charge in [-0.3, -0.25) is 4.79 Å². The number of hydrogen-bond acceptors (Lipinski definition) is 2. The van der Waals surface area contributed by atoms with Gasteiger partial charge in [0.25, 0.3) is 0 Å². The summed E-state index contributed by atoms with van der Waals surface area (Å²) in [4.78, 5) is 13.4. The van der Waals surface area contributed by atoms with E-state index in [9.17, 15) is 9.90 Å². The van der Waals surface area contributed by atoms with Crippen LogP contribution < -0.4 is 4.90 Å². The van der Waals surface area contributed by atoms with Gasteiger partial charge in [0.2, 0.25) is 5.91 Å². The van der Waals surface area contributed by atoms with Gasteiger partial charge in [0.1, 0.15) is 6.10 Å². The fourth-order valence-corrected chi connectivity index (χ4v) is 2.73. The van der Waals surface area contributed by atoms with Crippen molar-refractivity contribution in [2.75, 3.05) is 11.9 Å². The topological polar surface area (TPSA) is 40.5 Å². The van der Waals surface area contributed by atoms with Crippen LogP contribution in [0.4, 0.5) is 5.69 Å². The molecular weight excluding hydrogens is 250 g/mol. The minimum absolute atomic E-state index is 0.0996. The Morgan fingerprint density at radius 3 is 2.70 bits per heavy atom. The van der Waals surface area contributed by atoms with Gasteiger partial charge in [-0.15, -0.1) is 0 Å². The van der Waals surface area contributed by atoms with Crippen LogP contribution in [0.1, 0.15) is 28.4 Å². The minimum Gasteiger partial charge on any atom is -0.384 e. The standard InChI is InChI=1S/C17H17NO2/c1-11-5-3-4-6-14(11)17(20)12-7-8-15-13(9-12)10-16(19)18(15)2/h3-9,17,20H,10H2,1-2H3. The highest BCUT2D eigenvalue weighted by Crippen LogP contribution is 2.32. The van der Waals surface area contributed by atoms with Crippen molar-refractivity contribution in [3.63, 3.8) is 0 Å². The molecule has 1 N–H and O–H groups in total. The van der Waals surface area contributed by atoms with Crippen molar-refractivity contribution in [1.29, 1.82) is 0 Å². The number of aryl methyl sites for hydroxylation is 1. The molecule has 0 aliphatic carbocycles. The second-order valence-corrected chi connectivity index (χ2v) is 5.28. The SMILES string of the molecule is Cc1ccccc1C(O)c1ccc2c(c1)CC(=O)N2C. The number of anilines is 1. The molecule has 1 amide bonds. The summed E-state index contributed by atoms with van der Waals surface area (Å²) in [7, 11) is 1.78. The van der Waals surface area contributed by atoms with E-state index in [0.717, 1.165) is 27.9 Å². The second-order valence-electron chi connectivity index (χ2n) is 5.28. The summed E-state index contributed by atoms with van der Waals surface area (Å²) >= 11 is 0. The summed E-state index contributed by atoms with van der Waals surface area (Å²) < 4.78 is 0. The smallest absolute Gasteiger partial charge is 0.231 e. The van der Waals surface area contributed by atoms with E-state index in [2.05, 4.69) is 0 Å². The summed E-state index contributed by atoms with van der Waals surface area (Å²) in [5, 5.41) is 10.5. The van der Waals surface area contributed by atoms with Gasteiger partial charge in [-0.25, -0.2) is 0 Å². The molecule has 1 aliphatic heterocycles. The van der Waals surface area contributed by atoms with Crippen LogP contribution in [0.3, 0.4) is 0 Å². The van der Waals surface area contributed by atoms with Crippen molar-refractivity contribution in [3.05, 3.63) is 64.7 Å². The first-order chi connectivity index (χ1) is 9.58. The van der Waals surface area contributed by atoms with Crippen LogP contribution in [0.25, 0.3) is 0 Å². The van der Waals surface area contributed by atoms with Gasteiger partial charge in [0.05, 0.1) is 6.42 Å². The average Bonchev–Trinajstić information content (AvgIpc) is 2.73. The maximum absolute atomic E-state index is 11.7. The Kier molecular flexibility index (Phi) is 3.07. The number of rotatable bonds is 2. The predicted octanol–water partition coefficient (Wildman–Crippen LogP) is 2.60. The Morgan fingerprint density at radius 1 is 1.20 bits per heavy atom. The number of aliphatic hydroxyl groups excluding tert-OH is 1. The van der Waals surface area contributed by atoms with E-state index < -0.39 is 6.10 Å². The Bertz CT molecular complexity index is 678. The number of benzene rings is 2. The van der Waals surface area contributed by atoms with Crippen LogP contribution in [0.2, 0.25) is 0 Å². The van der Waals surface area contributed by atoms with E-state index >= 15 is 0 Å². The van der Waals surface area contributed by atoms with Crippen molar-refractivity contribution in [1.82, 2.24) is 0 Å². The zero-order valence-corrected chi connectivity index (χ0v) is 11.6. The van der Waals surface area contributed by atoms with Crippen molar-refractivity contribution in [2.24, 2.45) is 0 Å². The van der Waals surface area contributed by atoms with Crippen LogP contribution in [0.15, 0.2) is 42.5 Å². The lowest BCUT2D eigenvalue weighted by atomic mass is 9.96. The third kappa shape index (κ3) is 2.00. The molecule has 3 heteroatoms. The maximum atomic E-state index is 11.7. The van der Waals surface area contributed by atoms with Crippen molar-refractivity contribution >= 4 is 11.6 Å². The van der Waals surface area contributed by atoms with Crippen molar-refractivity contribution < 1.29 is 9.90 Å². The molecule has 2 aromatic rings. The van der Waals surface area contributed by atoms with Crippen LogP contribution >= 0.6 is 0 Å². The highest BCUT2D eigenvalue weighted by atomic mass is 16.3. The molecule has 0 aromatic heterocycles. The number of carbonyl (C=O) groups excluding carboxylic acids is 1. The van der Waals surface area contributed by atoms with Crippen molar-refractivity contribution in [3.8, 4) is 0 Å². The molecule has 1 atom stereocenters. The Balaban J connectivity index is 1.99. The molecule has 1 heterocycles. The van der Waals surface area contributed by atoms with Crippen LogP contribution in [-0.4, -0.2) is 18.1 Å². The third-order valence-electron chi connectivity index (χ3n) is 3.98. The zero-order valence-electron chi connectivity index (χ0n) is 11.6. The summed E-state index contributed by atoms with van der Waals surface area (Å²) in [5.74, 6) is 0.0996. The lowest BCUT2D eigenvalue weighted by molar-refractivity contribution is -0.117. The monoisotopic (exact) mass is 267 g/mol. The molecule has 102 valence electrons. The highest BCUT2D eigenvalue weighted by Gasteiger charge is 2.25. The summed E-state index contributed by atoms with van der Waals surface area (Å²) in [6, 6.07) is 13.6. The quantitative estimate of drug-likeness (QED) is 0.908. The molecule has 2 aromatic carbocycles. The Morgan fingerprint density at radius 2 is 1.95 bits per heavy atom. The number of amides is 1. The van der Waals surface area contributed by atoms with Crippen LogP contribution in [0, 0.1) is 6.92 Å². The van der Waals surface area contributed by atoms with Crippen LogP contribution in [-0.2, 0) is 11.2 Å². The number of hydrogen-bond donors (Lipinski definition) is 1. The van der Waals surface area contributed by atoms with Gasteiger partial charge in [-0.2, -0.15) is 0 Å². The average molecular weight is 267 g/mol. The largest absolute Gasteiger partial charge is 0.384 e. The van der Waals surface area contributed by atoms with Crippen molar-refractivity contribution in [2.45, 2.75) is 19.4 Å². The van der Waals surface area contributed by atoms with Crippen LogP contribution in [0.5, 0.6) is 0 Å². The number of nitrogens with zero attached hydrogens (tertiary/aromatic N) is 1. The number of fused-ring (bicyclic) bond motifs is 1. The second kappa shape index (κ2) is 4.76. The minimum atomic E-state index is -0.650. The molecular formula is C17H17NO2. The molecule has 0 radical (unpaired) electrons. The van der Waals surface area contributed by atoms with Gasteiger partial charge in [-0.05, 0) is 35.2 Å². The first-order valence-electron chi connectivity index (χ1n) is 6.71. The third-order valence-corrected chi connectivity index (χ3v) is 3.98. The molecule has 3 rings (SSSR count). The van der Waals surface area contributed by atoms with E-state index in [0.29, 0.717) is 6.42 Å². The van der Waals surface area contributed by atoms with Gasteiger partial charge in [0, 0.05) is 12.7 Å².